The van der Waals surface area contributed by atoms with Crippen LogP contribution in [-0.2, 0) is 6.42 Å². The van der Waals surface area contributed by atoms with Gasteiger partial charge in [0.05, 0.1) is 25.7 Å². The van der Waals surface area contributed by atoms with Crippen LogP contribution in [0.4, 0.5) is 0 Å². The number of ether oxygens (including phenoxy) is 1. The molecule has 86 valence electrons. The van der Waals surface area contributed by atoms with Crippen molar-refractivity contribution in [3.05, 3.63) is 40.5 Å². The Balaban J connectivity index is 2.10. The lowest BCUT2D eigenvalue weighted by molar-refractivity contribution is 0.415. The van der Waals surface area contributed by atoms with Gasteiger partial charge in [-0.2, -0.15) is 0 Å². The van der Waals surface area contributed by atoms with Gasteiger partial charge < -0.3 is 9.15 Å². The summed E-state index contributed by atoms with van der Waals surface area (Å²) in [4.78, 5) is 1.15. The van der Waals surface area contributed by atoms with Gasteiger partial charge >= 0.3 is 0 Å². The first kappa shape index (κ1) is 11.2. The van der Waals surface area contributed by atoms with Crippen LogP contribution in [0.3, 0.4) is 0 Å². The van der Waals surface area contributed by atoms with Crippen LogP contribution in [0.2, 0.25) is 0 Å². The highest BCUT2D eigenvalue weighted by atomic mass is 32.1. The van der Waals surface area contributed by atoms with Crippen LogP contribution in [0.5, 0.6) is 5.75 Å². The lowest BCUT2D eigenvalue weighted by atomic mass is 10.1. The van der Waals surface area contributed by atoms with E-state index in [1.807, 2.05) is 17.5 Å². The van der Waals surface area contributed by atoms with E-state index < -0.39 is 0 Å². The molecule has 0 saturated heterocycles. The van der Waals surface area contributed by atoms with E-state index in [9.17, 15) is 0 Å². The van der Waals surface area contributed by atoms with E-state index in [4.69, 9.17) is 15.0 Å². The third-order valence-electron chi connectivity index (χ3n) is 2.40. The van der Waals surface area contributed by atoms with Crippen LogP contribution in [0.25, 0.3) is 0 Å². The zero-order valence-corrected chi connectivity index (χ0v) is 9.79. The summed E-state index contributed by atoms with van der Waals surface area (Å²) in [6, 6.07) is 4.02. The van der Waals surface area contributed by atoms with Gasteiger partial charge in [-0.25, -0.2) is 0 Å². The average Bonchev–Trinajstić information content (AvgIpc) is 2.96. The maximum atomic E-state index is 5.56. The minimum absolute atomic E-state index is 0.0894. The van der Waals surface area contributed by atoms with Gasteiger partial charge in [0.25, 0.3) is 0 Å². The van der Waals surface area contributed by atoms with E-state index in [1.54, 1.807) is 31.0 Å². The topological polar surface area (TPSA) is 60.4 Å². The number of furan rings is 1. The van der Waals surface area contributed by atoms with Crippen molar-refractivity contribution in [3.63, 3.8) is 0 Å². The van der Waals surface area contributed by atoms with Crippen LogP contribution in [0.15, 0.2) is 34.5 Å². The van der Waals surface area contributed by atoms with Gasteiger partial charge in [-0.3, -0.25) is 11.3 Å². The SMILES string of the molecule is COc1csc(C(Cc2ccoc2)NN)c1. The number of thiophene rings is 1. The van der Waals surface area contributed by atoms with E-state index >= 15 is 0 Å². The molecule has 2 aromatic heterocycles. The van der Waals surface area contributed by atoms with Crippen molar-refractivity contribution >= 4 is 11.3 Å². The molecule has 3 N–H and O–H groups in total. The maximum Gasteiger partial charge on any atom is 0.129 e. The molecule has 0 bridgehead atoms. The van der Waals surface area contributed by atoms with Gasteiger partial charge in [0.1, 0.15) is 5.75 Å². The Morgan fingerprint density at radius 3 is 3.06 bits per heavy atom. The molecular formula is C11H14N2O2S. The highest BCUT2D eigenvalue weighted by molar-refractivity contribution is 7.10. The van der Waals surface area contributed by atoms with Gasteiger partial charge in [0.15, 0.2) is 0 Å². The highest BCUT2D eigenvalue weighted by Crippen LogP contribution is 2.28. The summed E-state index contributed by atoms with van der Waals surface area (Å²) in [5.41, 5.74) is 3.93. The van der Waals surface area contributed by atoms with Crippen molar-refractivity contribution in [1.82, 2.24) is 5.43 Å². The third kappa shape index (κ3) is 2.44. The Hall–Kier alpha value is -1.30. The fraction of sp³-hybridized carbons (Fsp3) is 0.273. The molecule has 0 amide bonds. The number of rotatable bonds is 5. The first-order chi connectivity index (χ1) is 7.83. The van der Waals surface area contributed by atoms with E-state index in [2.05, 4.69) is 5.43 Å². The van der Waals surface area contributed by atoms with Crippen LogP contribution in [0.1, 0.15) is 16.5 Å². The lowest BCUT2D eigenvalue weighted by Crippen LogP contribution is -2.28. The van der Waals surface area contributed by atoms with E-state index in [0.717, 1.165) is 22.6 Å². The van der Waals surface area contributed by atoms with Crippen molar-refractivity contribution in [2.75, 3.05) is 7.11 Å². The van der Waals surface area contributed by atoms with Crippen molar-refractivity contribution in [2.24, 2.45) is 5.84 Å². The Bertz CT molecular complexity index is 425. The van der Waals surface area contributed by atoms with Gasteiger partial charge in [-0.15, -0.1) is 11.3 Å². The third-order valence-corrected chi connectivity index (χ3v) is 3.42. The molecule has 0 saturated carbocycles. The minimum atomic E-state index is 0.0894. The van der Waals surface area contributed by atoms with Gasteiger partial charge in [0.2, 0.25) is 0 Å². The molecular weight excluding hydrogens is 224 g/mol. The van der Waals surface area contributed by atoms with Crippen molar-refractivity contribution in [2.45, 2.75) is 12.5 Å². The summed E-state index contributed by atoms with van der Waals surface area (Å²) in [5.74, 6) is 6.43. The molecule has 2 heterocycles. The van der Waals surface area contributed by atoms with Crippen LogP contribution in [0, 0.1) is 0 Å². The second-order valence-electron chi connectivity index (χ2n) is 3.44. The molecule has 1 unspecified atom stereocenters. The van der Waals surface area contributed by atoms with Crippen molar-refractivity contribution < 1.29 is 9.15 Å². The molecule has 1 atom stereocenters. The molecule has 0 spiro atoms. The maximum absolute atomic E-state index is 5.56. The smallest absolute Gasteiger partial charge is 0.129 e. The predicted octanol–water partition coefficient (Wildman–Crippen LogP) is 2.10. The zero-order valence-electron chi connectivity index (χ0n) is 8.97. The van der Waals surface area contributed by atoms with E-state index in [-0.39, 0.29) is 6.04 Å². The number of hydrazine groups is 1. The van der Waals surface area contributed by atoms with Crippen LogP contribution in [-0.4, -0.2) is 7.11 Å². The Morgan fingerprint density at radius 2 is 2.50 bits per heavy atom. The van der Waals surface area contributed by atoms with E-state index in [1.165, 1.54) is 0 Å². The fourth-order valence-corrected chi connectivity index (χ4v) is 2.43. The molecule has 16 heavy (non-hydrogen) atoms. The van der Waals surface area contributed by atoms with Crippen molar-refractivity contribution in [1.29, 1.82) is 0 Å². The molecule has 4 nitrogen and oxygen atoms in total. The normalized spacial score (nSPS) is 12.6. The van der Waals surface area contributed by atoms with Crippen LogP contribution >= 0.6 is 11.3 Å². The second-order valence-corrected chi connectivity index (χ2v) is 4.39. The highest BCUT2D eigenvalue weighted by Gasteiger charge is 2.13. The first-order valence-electron chi connectivity index (χ1n) is 4.93. The zero-order chi connectivity index (χ0) is 11.4. The van der Waals surface area contributed by atoms with Gasteiger partial charge in [-0.1, -0.05) is 0 Å². The molecule has 0 aliphatic rings. The second kappa shape index (κ2) is 5.16. The molecule has 0 aliphatic carbocycles. The molecule has 2 aromatic rings. The summed E-state index contributed by atoms with van der Waals surface area (Å²) < 4.78 is 10.2. The number of hydrogen-bond acceptors (Lipinski definition) is 5. The molecule has 0 aliphatic heterocycles. The molecule has 2 rings (SSSR count). The Labute approximate surface area is 98.0 Å². The fourth-order valence-electron chi connectivity index (χ4n) is 1.51. The number of nitrogens with two attached hydrogens (primary N) is 1. The predicted molar refractivity (Wildman–Crippen MR) is 63.3 cm³/mol. The summed E-state index contributed by atoms with van der Waals surface area (Å²) in [5, 5.41) is 1.97. The number of hydrogen-bond donors (Lipinski definition) is 2. The summed E-state index contributed by atoms with van der Waals surface area (Å²) in [7, 11) is 1.66. The molecule has 0 fully saturated rings. The van der Waals surface area contributed by atoms with Gasteiger partial charge in [0, 0.05) is 10.3 Å². The van der Waals surface area contributed by atoms with E-state index in [0.29, 0.717) is 0 Å². The lowest BCUT2D eigenvalue weighted by Gasteiger charge is -2.12. The molecule has 0 radical (unpaired) electrons. The number of nitrogens with one attached hydrogen (secondary N) is 1. The standard InChI is InChI=1S/C11H14N2O2S/c1-14-9-5-11(16-7-9)10(13-12)4-8-2-3-15-6-8/h2-3,5-7,10,13H,4,12H2,1H3. The molecule has 0 aromatic carbocycles. The largest absolute Gasteiger partial charge is 0.496 e. The number of methoxy groups -OCH3 is 1. The minimum Gasteiger partial charge on any atom is -0.496 e. The monoisotopic (exact) mass is 238 g/mol. The van der Waals surface area contributed by atoms with Gasteiger partial charge in [-0.05, 0) is 24.1 Å². The Morgan fingerprint density at radius 1 is 1.62 bits per heavy atom. The van der Waals surface area contributed by atoms with Crippen LogP contribution < -0.4 is 16.0 Å². The van der Waals surface area contributed by atoms with Crippen molar-refractivity contribution in [3.8, 4) is 5.75 Å². The molecule has 5 heteroatoms. The quantitative estimate of drug-likeness (QED) is 0.618. The summed E-state index contributed by atoms with van der Waals surface area (Å²) >= 11 is 1.63. The summed E-state index contributed by atoms with van der Waals surface area (Å²) in [6.07, 6.45) is 4.20. The Kier molecular flexibility index (Phi) is 3.61. The first-order valence-corrected chi connectivity index (χ1v) is 5.81. The summed E-state index contributed by atoms with van der Waals surface area (Å²) in [6.45, 7) is 0. The average molecular weight is 238 g/mol.